The van der Waals surface area contributed by atoms with Crippen LogP contribution in [0.25, 0.3) is 0 Å². The molecule has 2 aromatic rings. The topological polar surface area (TPSA) is 75.4 Å². The van der Waals surface area contributed by atoms with Crippen LogP contribution < -0.4 is 11.1 Å². The highest BCUT2D eigenvalue weighted by molar-refractivity contribution is 5.91. The molecule has 0 spiro atoms. The van der Waals surface area contributed by atoms with Crippen molar-refractivity contribution in [3.63, 3.8) is 0 Å². The lowest BCUT2D eigenvalue weighted by Crippen LogP contribution is -2.34. The molecule has 0 bridgehead atoms. The summed E-state index contributed by atoms with van der Waals surface area (Å²) >= 11 is 0. The summed E-state index contributed by atoms with van der Waals surface area (Å²) in [5, 5.41) is 12.2. The molecule has 4 N–H and O–H groups in total. The maximum absolute atomic E-state index is 12.5. The molecule has 0 heterocycles. The number of amides is 1. The summed E-state index contributed by atoms with van der Waals surface area (Å²) in [7, 11) is 0. The van der Waals surface area contributed by atoms with E-state index in [4.69, 9.17) is 5.73 Å². The fourth-order valence-corrected chi connectivity index (χ4v) is 2.54. The molecule has 4 heteroatoms. The summed E-state index contributed by atoms with van der Waals surface area (Å²) in [6.07, 6.45) is 1.75. The highest BCUT2D eigenvalue weighted by atomic mass is 16.3. The van der Waals surface area contributed by atoms with Crippen molar-refractivity contribution >= 4 is 11.6 Å². The van der Waals surface area contributed by atoms with Crippen LogP contribution in [-0.2, 0) is 16.8 Å². The highest BCUT2D eigenvalue weighted by Gasteiger charge is 2.50. The second kappa shape index (κ2) is 5.13. The fourth-order valence-electron chi connectivity index (χ4n) is 2.54. The maximum Gasteiger partial charge on any atom is 0.230 e. The van der Waals surface area contributed by atoms with E-state index >= 15 is 0 Å². The van der Waals surface area contributed by atoms with E-state index in [2.05, 4.69) is 5.32 Å². The summed E-state index contributed by atoms with van der Waals surface area (Å²) in [6.45, 7) is 0.468. The molecule has 0 saturated heterocycles. The Morgan fingerprint density at radius 1 is 1.10 bits per heavy atom. The van der Waals surface area contributed by atoms with E-state index in [1.165, 1.54) is 0 Å². The first-order chi connectivity index (χ1) is 10.1. The second-order valence-electron chi connectivity index (χ2n) is 5.55. The lowest BCUT2D eigenvalue weighted by atomic mass is 9.94. The van der Waals surface area contributed by atoms with Gasteiger partial charge in [-0.15, -0.1) is 0 Å². The molecule has 108 valence electrons. The van der Waals surface area contributed by atoms with E-state index in [9.17, 15) is 9.90 Å². The number of aromatic hydroxyl groups is 1. The van der Waals surface area contributed by atoms with Gasteiger partial charge in [0.05, 0.1) is 5.41 Å². The number of nitrogens with two attached hydrogens (primary N) is 1. The van der Waals surface area contributed by atoms with Crippen LogP contribution in [0, 0.1) is 0 Å². The third-order valence-corrected chi connectivity index (χ3v) is 4.04. The van der Waals surface area contributed by atoms with Crippen LogP contribution in [-0.4, -0.2) is 11.0 Å². The molecule has 0 aromatic heterocycles. The van der Waals surface area contributed by atoms with Crippen molar-refractivity contribution in [3.8, 4) is 5.75 Å². The molecule has 0 atom stereocenters. The van der Waals surface area contributed by atoms with E-state index in [0.29, 0.717) is 12.2 Å². The van der Waals surface area contributed by atoms with Crippen LogP contribution in [0.5, 0.6) is 5.75 Å². The van der Waals surface area contributed by atoms with Gasteiger partial charge in [0.15, 0.2) is 0 Å². The van der Waals surface area contributed by atoms with E-state index in [1.54, 1.807) is 24.3 Å². The minimum atomic E-state index is -0.384. The molecule has 1 amide bonds. The van der Waals surface area contributed by atoms with Gasteiger partial charge in [-0.05, 0) is 48.2 Å². The van der Waals surface area contributed by atoms with Crippen molar-refractivity contribution in [2.45, 2.75) is 24.8 Å². The molecule has 1 aliphatic carbocycles. The normalized spacial score (nSPS) is 15.4. The predicted octanol–water partition coefficient (Wildman–Crippen LogP) is 2.32. The highest BCUT2D eigenvalue weighted by Crippen LogP contribution is 2.48. The van der Waals surface area contributed by atoms with Crippen LogP contribution in [0.4, 0.5) is 5.69 Å². The quantitative estimate of drug-likeness (QED) is 0.753. The Kier molecular flexibility index (Phi) is 3.29. The molecular formula is C17H18N2O2. The molecule has 0 radical (unpaired) electrons. The summed E-state index contributed by atoms with van der Waals surface area (Å²) in [5.74, 6) is 0.283. The maximum atomic E-state index is 12.5. The van der Waals surface area contributed by atoms with Gasteiger partial charge in [-0.25, -0.2) is 0 Å². The van der Waals surface area contributed by atoms with E-state index in [1.807, 2.05) is 24.3 Å². The van der Waals surface area contributed by atoms with Gasteiger partial charge in [0.1, 0.15) is 5.75 Å². The molecule has 1 aliphatic rings. The Bertz CT molecular complexity index is 643. The molecule has 0 aliphatic heterocycles. The van der Waals surface area contributed by atoms with Gasteiger partial charge in [-0.3, -0.25) is 4.79 Å². The minimum absolute atomic E-state index is 0.0559. The van der Waals surface area contributed by atoms with Crippen molar-refractivity contribution in [1.29, 1.82) is 0 Å². The lowest BCUT2D eigenvalue weighted by Gasteiger charge is -2.16. The number of nitrogen functional groups attached to an aromatic ring is 1. The molecule has 1 saturated carbocycles. The van der Waals surface area contributed by atoms with E-state index in [0.717, 1.165) is 24.0 Å². The molecule has 4 nitrogen and oxygen atoms in total. The summed E-state index contributed by atoms with van der Waals surface area (Å²) in [4.78, 5) is 12.5. The van der Waals surface area contributed by atoms with Gasteiger partial charge in [-0.2, -0.15) is 0 Å². The van der Waals surface area contributed by atoms with Crippen molar-refractivity contribution < 1.29 is 9.90 Å². The number of carbonyl (C=O) groups excluding carboxylic acids is 1. The number of hydrogen-bond acceptors (Lipinski definition) is 3. The Labute approximate surface area is 123 Å². The molecule has 2 aromatic carbocycles. The lowest BCUT2D eigenvalue weighted by molar-refractivity contribution is -0.123. The van der Waals surface area contributed by atoms with Crippen molar-refractivity contribution in [2.75, 3.05) is 5.73 Å². The number of rotatable bonds is 4. The zero-order chi connectivity index (χ0) is 14.9. The number of phenolic OH excluding ortho intramolecular Hbond substituents is 1. The van der Waals surface area contributed by atoms with Gasteiger partial charge < -0.3 is 16.2 Å². The van der Waals surface area contributed by atoms with E-state index in [-0.39, 0.29) is 17.1 Å². The van der Waals surface area contributed by atoms with Gasteiger partial charge in [0.25, 0.3) is 0 Å². The average Bonchev–Trinajstić information content (AvgIpc) is 3.29. The Hall–Kier alpha value is -2.49. The van der Waals surface area contributed by atoms with Crippen molar-refractivity contribution in [1.82, 2.24) is 5.32 Å². The molecule has 1 fully saturated rings. The Morgan fingerprint density at radius 2 is 1.71 bits per heavy atom. The predicted molar refractivity (Wildman–Crippen MR) is 81.7 cm³/mol. The molecule has 3 rings (SSSR count). The largest absolute Gasteiger partial charge is 0.508 e. The first kappa shape index (κ1) is 13.5. The first-order valence-electron chi connectivity index (χ1n) is 7.02. The smallest absolute Gasteiger partial charge is 0.230 e. The molecule has 0 unspecified atom stereocenters. The zero-order valence-electron chi connectivity index (χ0n) is 11.7. The second-order valence-corrected chi connectivity index (χ2v) is 5.55. The average molecular weight is 282 g/mol. The van der Waals surface area contributed by atoms with Crippen LogP contribution in [0.3, 0.4) is 0 Å². The minimum Gasteiger partial charge on any atom is -0.508 e. The third kappa shape index (κ3) is 2.70. The number of carbonyl (C=O) groups is 1. The number of phenols is 1. The SMILES string of the molecule is Nc1ccc(C2(C(=O)NCc3ccc(O)cc3)CC2)cc1. The monoisotopic (exact) mass is 282 g/mol. The van der Waals surface area contributed by atoms with Gasteiger partial charge in [-0.1, -0.05) is 24.3 Å². The van der Waals surface area contributed by atoms with Crippen LogP contribution >= 0.6 is 0 Å². The number of benzene rings is 2. The van der Waals surface area contributed by atoms with Crippen LogP contribution in [0.15, 0.2) is 48.5 Å². The van der Waals surface area contributed by atoms with Crippen LogP contribution in [0.1, 0.15) is 24.0 Å². The number of nitrogens with one attached hydrogen (secondary N) is 1. The molecular weight excluding hydrogens is 264 g/mol. The standard InChI is InChI=1S/C17H18N2O2/c18-14-5-3-13(4-6-14)17(9-10-17)16(21)19-11-12-1-7-15(20)8-2-12/h1-8,20H,9-11,18H2,(H,19,21). The summed E-state index contributed by atoms with van der Waals surface area (Å²) in [5.41, 5.74) is 8.01. The third-order valence-electron chi connectivity index (χ3n) is 4.04. The number of anilines is 1. The Morgan fingerprint density at radius 3 is 2.29 bits per heavy atom. The fraction of sp³-hybridized carbons (Fsp3) is 0.235. The Balaban J connectivity index is 1.67. The summed E-state index contributed by atoms with van der Waals surface area (Å²) < 4.78 is 0. The van der Waals surface area contributed by atoms with Crippen molar-refractivity contribution in [3.05, 3.63) is 59.7 Å². The summed E-state index contributed by atoms with van der Waals surface area (Å²) in [6, 6.07) is 14.4. The number of hydrogen-bond donors (Lipinski definition) is 3. The van der Waals surface area contributed by atoms with Gasteiger partial charge in [0, 0.05) is 12.2 Å². The molecule has 21 heavy (non-hydrogen) atoms. The van der Waals surface area contributed by atoms with Crippen LogP contribution in [0.2, 0.25) is 0 Å². The zero-order valence-corrected chi connectivity index (χ0v) is 11.7. The van der Waals surface area contributed by atoms with Gasteiger partial charge >= 0.3 is 0 Å². The van der Waals surface area contributed by atoms with Gasteiger partial charge in [0.2, 0.25) is 5.91 Å². The van der Waals surface area contributed by atoms with Crippen molar-refractivity contribution in [2.24, 2.45) is 0 Å². The van der Waals surface area contributed by atoms with E-state index < -0.39 is 0 Å². The first-order valence-corrected chi connectivity index (χ1v) is 7.02.